The Labute approximate surface area is 120 Å². The highest BCUT2D eigenvalue weighted by Gasteiger charge is 2.01. The van der Waals surface area contributed by atoms with Gasteiger partial charge >= 0.3 is 5.97 Å². The van der Waals surface area contributed by atoms with Crippen molar-refractivity contribution in [2.24, 2.45) is 5.11 Å². The van der Waals surface area contributed by atoms with Gasteiger partial charge in [0.15, 0.2) is 6.73 Å². The van der Waals surface area contributed by atoms with Crippen LogP contribution in [0.1, 0.15) is 70.6 Å². The number of hydrogen-bond acceptors (Lipinski definition) is 4. The van der Waals surface area contributed by atoms with Gasteiger partial charge in [0.1, 0.15) is 6.29 Å². The van der Waals surface area contributed by atoms with Crippen molar-refractivity contribution in [1.82, 2.24) is 0 Å². The molecular weight excluding hydrogens is 258 g/mol. The lowest BCUT2D eigenvalue weighted by Crippen LogP contribution is -2.03. The molecule has 0 saturated heterocycles. The van der Waals surface area contributed by atoms with Crippen molar-refractivity contribution in [3.8, 4) is 0 Å². The predicted molar refractivity (Wildman–Crippen MR) is 77.0 cm³/mol. The van der Waals surface area contributed by atoms with Gasteiger partial charge in [-0.3, -0.25) is 4.79 Å². The first-order valence-electron chi connectivity index (χ1n) is 7.41. The molecule has 0 rings (SSSR count). The second-order valence-corrected chi connectivity index (χ2v) is 4.76. The molecule has 0 amide bonds. The Kier molecular flexibility index (Phi) is 14.3. The van der Waals surface area contributed by atoms with Gasteiger partial charge in [0.25, 0.3) is 0 Å². The Morgan fingerprint density at radius 2 is 1.55 bits per heavy atom. The molecule has 0 aliphatic rings. The molecule has 20 heavy (non-hydrogen) atoms. The summed E-state index contributed by atoms with van der Waals surface area (Å²) < 4.78 is 4.69. The van der Waals surface area contributed by atoms with Crippen LogP contribution in [0.15, 0.2) is 5.11 Å². The summed E-state index contributed by atoms with van der Waals surface area (Å²) in [7, 11) is 0. The van der Waals surface area contributed by atoms with Crippen LogP contribution in [0, 0.1) is 0 Å². The number of ether oxygens (including phenoxy) is 1. The van der Waals surface area contributed by atoms with Crippen LogP contribution in [0.25, 0.3) is 10.4 Å². The van der Waals surface area contributed by atoms with E-state index in [0.717, 1.165) is 38.4 Å². The summed E-state index contributed by atoms with van der Waals surface area (Å²) in [6.45, 7) is -0.209. The van der Waals surface area contributed by atoms with Crippen molar-refractivity contribution < 1.29 is 14.3 Å². The normalized spacial score (nSPS) is 9.80. The fourth-order valence-corrected chi connectivity index (χ4v) is 1.93. The molecule has 0 fully saturated rings. The molecule has 0 aromatic carbocycles. The average molecular weight is 283 g/mol. The first-order valence-corrected chi connectivity index (χ1v) is 7.41. The number of azide groups is 1. The molecule has 0 saturated carbocycles. The number of rotatable bonds is 14. The standard InChI is InChI=1S/C14H25N3O3/c15-17-16-13-20-14(19)11-9-7-5-3-1-2-4-6-8-10-12-18/h12H,1-11,13H2. The van der Waals surface area contributed by atoms with E-state index in [2.05, 4.69) is 10.0 Å². The zero-order chi connectivity index (χ0) is 14.9. The van der Waals surface area contributed by atoms with Crippen molar-refractivity contribution >= 4 is 12.3 Å². The van der Waals surface area contributed by atoms with Crippen LogP contribution in [0.2, 0.25) is 0 Å². The van der Waals surface area contributed by atoms with Gasteiger partial charge in [0.05, 0.1) is 0 Å². The lowest BCUT2D eigenvalue weighted by atomic mass is 10.1. The largest absolute Gasteiger partial charge is 0.460 e. The quantitative estimate of drug-likeness (QED) is 0.119. The number of carbonyl (C=O) groups excluding carboxylic acids is 2. The van der Waals surface area contributed by atoms with Gasteiger partial charge in [0.2, 0.25) is 0 Å². The van der Waals surface area contributed by atoms with Crippen LogP contribution in [0.4, 0.5) is 0 Å². The van der Waals surface area contributed by atoms with Crippen LogP contribution >= 0.6 is 0 Å². The molecule has 0 aromatic heterocycles. The molecule has 0 spiro atoms. The number of nitrogens with zero attached hydrogens (tertiary/aromatic N) is 3. The summed E-state index contributed by atoms with van der Waals surface area (Å²) >= 11 is 0. The zero-order valence-electron chi connectivity index (χ0n) is 12.1. The third kappa shape index (κ3) is 14.5. The van der Waals surface area contributed by atoms with Crippen LogP contribution in [-0.2, 0) is 14.3 Å². The first kappa shape index (κ1) is 18.4. The van der Waals surface area contributed by atoms with Crippen LogP contribution in [0.5, 0.6) is 0 Å². The molecule has 0 aliphatic carbocycles. The Balaban J connectivity index is 3.14. The summed E-state index contributed by atoms with van der Waals surface area (Å²) in [5, 5.41) is 3.13. The van der Waals surface area contributed by atoms with Crippen molar-refractivity contribution in [2.75, 3.05) is 6.73 Å². The van der Waals surface area contributed by atoms with Gasteiger partial charge in [-0.05, 0) is 18.4 Å². The van der Waals surface area contributed by atoms with Gasteiger partial charge in [-0.1, -0.05) is 50.1 Å². The van der Waals surface area contributed by atoms with E-state index in [1.165, 1.54) is 25.7 Å². The molecule has 0 aliphatic heterocycles. The fraction of sp³-hybridized carbons (Fsp3) is 0.857. The van der Waals surface area contributed by atoms with Crippen LogP contribution < -0.4 is 0 Å². The zero-order valence-corrected chi connectivity index (χ0v) is 12.1. The van der Waals surface area contributed by atoms with E-state index >= 15 is 0 Å². The van der Waals surface area contributed by atoms with Crippen LogP contribution in [-0.4, -0.2) is 19.0 Å². The highest BCUT2D eigenvalue weighted by atomic mass is 16.5. The fourth-order valence-electron chi connectivity index (χ4n) is 1.93. The topological polar surface area (TPSA) is 92.1 Å². The number of aldehydes is 1. The summed E-state index contributed by atoms with van der Waals surface area (Å²) in [4.78, 5) is 23.8. The maximum absolute atomic E-state index is 11.1. The van der Waals surface area contributed by atoms with Crippen molar-refractivity contribution in [3.63, 3.8) is 0 Å². The lowest BCUT2D eigenvalue weighted by molar-refractivity contribution is -0.143. The SMILES string of the molecule is [N-]=[N+]=NCOC(=O)CCCCCCCCCCCC=O. The van der Waals surface area contributed by atoms with E-state index < -0.39 is 0 Å². The monoisotopic (exact) mass is 283 g/mol. The van der Waals surface area contributed by atoms with Gasteiger partial charge < -0.3 is 9.53 Å². The molecule has 0 radical (unpaired) electrons. The Morgan fingerprint density at radius 1 is 1.00 bits per heavy atom. The van der Waals surface area contributed by atoms with E-state index in [4.69, 9.17) is 10.3 Å². The highest BCUT2D eigenvalue weighted by molar-refractivity contribution is 5.69. The second-order valence-electron chi connectivity index (χ2n) is 4.76. The number of carbonyl (C=O) groups is 2. The third-order valence-electron chi connectivity index (χ3n) is 3.05. The van der Waals surface area contributed by atoms with E-state index in [-0.39, 0.29) is 12.7 Å². The Bertz CT molecular complexity index is 302. The Hall–Kier alpha value is -1.55. The number of hydrogen-bond donors (Lipinski definition) is 0. The molecule has 0 atom stereocenters. The summed E-state index contributed by atoms with van der Waals surface area (Å²) in [5.74, 6) is -0.299. The minimum atomic E-state index is -0.299. The smallest absolute Gasteiger partial charge is 0.305 e. The van der Waals surface area contributed by atoms with E-state index in [1.807, 2.05) is 0 Å². The second kappa shape index (κ2) is 15.5. The summed E-state index contributed by atoms with van der Waals surface area (Å²) in [5.41, 5.74) is 8.01. The van der Waals surface area contributed by atoms with Crippen molar-refractivity contribution in [1.29, 1.82) is 0 Å². The molecular formula is C14H25N3O3. The van der Waals surface area contributed by atoms with Gasteiger partial charge in [-0.15, -0.1) is 0 Å². The summed E-state index contributed by atoms with van der Waals surface area (Å²) in [6, 6.07) is 0. The molecule has 0 bridgehead atoms. The molecule has 6 heteroatoms. The van der Waals surface area contributed by atoms with E-state index in [1.54, 1.807) is 0 Å². The van der Waals surface area contributed by atoms with E-state index in [9.17, 15) is 9.59 Å². The molecule has 0 aromatic rings. The Morgan fingerprint density at radius 3 is 2.10 bits per heavy atom. The highest BCUT2D eigenvalue weighted by Crippen LogP contribution is 2.11. The molecule has 0 unspecified atom stereocenters. The van der Waals surface area contributed by atoms with Gasteiger partial charge in [0, 0.05) is 17.8 Å². The van der Waals surface area contributed by atoms with Gasteiger partial charge in [-0.2, -0.15) is 0 Å². The minimum Gasteiger partial charge on any atom is -0.460 e. The van der Waals surface area contributed by atoms with Crippen molar-refractivity contribution in [2.45, 2.75) is 70.6 Å². The molecule has 0 heterocycles. The molecule has 114 valence electrons. The predicted octanol–water partition coefficient (Wildman–Crippen LogP) is 4.29. The maximum atomic E-state index is 11.1. The van der Waals surface area contributed by atoms with Crippen LogP contribution in [0.3, 0.4) is 0 Å². The lowest BCUT2D eigenvalue weighted by Gasteiger charge is -2.02. The molecule has 6 nitrogen and oxygen atoms in total. The molecule has 0 N–H and O–H groups in total. The number of esters is 1. The maximum Gasteiger partial charge on any atom is 0.305 e. The van der Waals surface area contributed by atoms with Crippen molar-refractivity contribution in [3.05, 3.63) is 10.4 Å². The third-order valence-corrected chi connectivity index (χ3v) is 3.05. The van der Waals surface area contributed by atoms with E-state index in [0.29, 0.717) is 12.8 Å². The first-order chi connectivity index (χ1) is 9.81. The number of unbranched alkanes of at least 4 members (excludes halogenated alkanes) is 9. The minimum absolute atomic E-state index is 0.209. The van der Waals surface area contributed by atoms with Gasteiger partial charge in [-0.25, -0.2) is 0 Å². The average Bonchev–Trinajstić information content (AvgIpc) is 2.45. The summed E-state index contributed by atoms with van der Waals surface area (Å²) in [6.07, 6.45) is 12.1.